The van der Waals surface area contributed by atoms with Crippen LogP contribution in [0.3, 0.4) is 0 Å². The third kappa shape index (κ3) is 6.52. The average Bonchev–Trinajstić information content (AvgIpc) is 2.61. The normalized spacial score (nSPS) is 11.0. The maximum atomic E-state index is 6.00. The van der Waals surface area contributed by atoms with Crippen LogP contribution in [0.1, 0.15) is 25.0 Å². The highest BCUT2D eigenvalue weighted by molar-refractivity contribution is 6.30. The van der Waals surface area contributed by atoms with E-state index in [9.17, 15) is 0 Å². The zero-order chi connectivity index (χ0) is 17.2. The summed E-state index contributed by atoms with van der Waals surface area (Å²) in [5, 5.41) is 4.23. The molecule has 0 saturated carbocycles. The minimum absolute atomic E-state index is 0.527. The number of hydrogen-bond donors (Lipinski definition) is 1. The topological polar surface area (TPSA) is 24.5 Å². The first-order valence-corrected chi connectivity index (χ1v) is 8.98. The summed E-state index contributed by atoms with van der Waals surface area (Å²) in [6, 6.07) is 16.0. The van der Waals surface area contributed by atoms with Crippen molar-refractivity contribution in [1.29, 1.82) is 0 Å². The van der Waals surface area contributed by atoms with Crippen LogP contribution in [0.2, 0.25) is 5.02 Å². The molecule has 0 aliphatic heterocycles. The monoisotopic (exact) mass is 346 g/mol. The Balaban J connectivity index is 1.78. The van der Waals surface area contributed by atoms with Crippen molar-refractivity contribution in [3.05, 3.63) is 64.7 Å². The van der Waals surface area contributed by atoms with E-state index in [-0.39, 0.29) is 0 Å². The Morgan fingerprint density at radius 3 is 2.50 bits per heavy atom. The lowest BCUT2D eigenvalue weighted by Gasteiger charge is -2.18. The molecule has 0 spiro atoms. The molecule has 3 nitrogen and oxygen atoms in total. The van der Waals surface area contributed by atoms with Gasteiger partial charge < -0.3 is 15.0 Å². The molecule has 0 fully saturated rings. The summed E-state index contributed by atoms with van der Waals surface area (Å²) in [4.78, 5) is 2.41. The summed E-state index contributed by atoms with van der Waals surface area (Å²) in [6.45, 7) is 10.1. The van der Waals surface area contributed by atoms with Crippen molar-refractivity contribution in [2.24, 2.45) is 0 Å². The molecule has 2 aromatic rings. The Hall–Kier alpha value is -1.55. The number of benzene rings is 2. The fourth-order valence-electron chi connectivity index (χ4n) is 2.55. The van der Waals surface area contributed by atoms with Gasteiger partial charge in [-0.1, -0.05) is 49.7 Å². The fourth-order valence-corrected chi connectivity index (χ4v) is 2.76. The van der Waals surface area contributed by atoms with Crippen LogP contribution in [0.4, 0.5) is 0 Å². The van der Waals surface area contributed by atoms with Crippen LogP contribution in [-0.4, -0.2) is 31.1 Å². The summed E-state index contributed by atoms with van der Waals surface area (Å²) in [5.74, 6) is 0.887. The van der Waals surface area contributed by atoms with Gasteiger partial charge in [-0.3, -0.25) is 0 Å². The molecule has 1 N–H and O–H groups in total. The number of likely N-dealkylation sites (N-methyl/N-ethyl adjacent to an activating group) is 1. The lowest BCUT2D eigenvalue weighted by Crippen LogP contribution is -2.31. The van der Waals surface area contributed by atoms with Gasteiger partial charge in [-0.25, -0.2) is 0 Å². The van der Waals surface area contributed by atoms with E-state index >= 15 is 0 Å². The summed E-state index contributed by atoms with van der Waals surface area (Å²) >= 11 is 6.00. The molecule has 0 saturated heterocycles. The minimum Gasteiger partial charge on any atom is -0.489 e. The van der Waals surface area contributed by atoms with E-state index in [1.165, 1.54) is 5.56 Å². The van der Waals surface area contributed by atoms with Crippen molar-refractivity contribution >= 4 is 11.6 Å². The molecule has 0 radical (unpaired) electrons. The van der Waals surface area contributed by atoms with E-state index in [1.54, 1.807) is 0 Å². The van der Waals surface area contributed by atoms with Crippen LogP contribution in [0.25, 0.3) is 0 Å². The van der Waals surface area contributed by atoms with Gasteiger partial charge in [0.05, 0.1) is 0 Å². The predicted molar refractivity (Wildman–Crippen MR) is 102 cm³/mol. The number of nitrogens with one attached hydrogen (secondary N) is 1. The van der Waals surface area contributed by atoms with Crippen molar-refractivity contribution in [3.63, 3.8) is 0 Å². The highest BCUT2D eigenvalue weighted by Crippen LogP contribution is 2.17. The van der Waals surface area contributed by atoms with Crippen molar-refractivity contribution < 1.29 is 4.74 Å². The van der Waals surface area contributed by atoms with Gasteiger partial charge >= 0.3 is 0 Å². The van der Waals surface area contributed by atoms with Crippen molar-refractivity contribution in [2.75, 3.05) is 26.2 Å². The molecule has 4 heteroatoms. The Bertz CT molecular complexity index is 614. The van der Waals surface area contributed by atoms with Gasteiger partial charge in [0.1, 0.15) is 12.4 Å². The molecule has 2 aromatic carbocycles. The Labute approximate surface area is 150 Å². The molecule has 0 heterocycles. The second-order valence-corrected chi connectivity index (χ2v) is 6.21. The molecule has 2 rings (SSSR count). The maximum Gasteiger partial charge on any atom is 0.120 e. The molecule has 0 unspecified atom stereocenters. The van der Waals surface area contributed by atoms with Crippen molar-refractivity contribution in [2.45, 2.75) is 27.0 Å². The van der Waals surface area contributed by atoms with Gasteiger partial charge in [0.15, 0.2) is 0 Å². The second-order valence-electron chi connectivity index (χ2n) is 5.77. The van der Waals surface area contributed by atoms with Crippen molar-refractivity contribution in [1.82, 2.24) is 10.2 Å². The Morgan fingerprint density at radius 2 is 1.75 bits per heavy atom. The smallest absolute Gasteiger partial charge is 0.120 e. The van der Waals surface area contributed by atoms with Crippen LogP contribution >= 0.6 is 11.6 Å². The number of hydrogen-bond acceptors (Lipinski definition) is 3. The maximum absolute atomic E-state index is 6.00. The van der Waals surface area contributed by atoms with Gasteiger partial charge in [0.2, 0.25) is 0 Å². The standard InChI is InChI=1S/C20H27ClN2O/c1-3-23(4-2)12-11-22-15-17-7-6-10-20(14-17)24-16-18-8-5-9-19(21)13-18/h5-10,13-14,22H,3-4,11-12,15-16H2,1-2H3. The minimum atomic E-state index is 0.527. The largest absolute Gasteiger partial charge is 0.489 e. The van der Waals surface area contributed by atoms with E-state index in [0.717, 1.165) is 49.1 Å². The molecule has 0 aromatic heterocycles. The quantitative estimate of drug-likeness (QED) is 0.647. The van der Waals surface area contributed by atoms with Crippen LogP contribution in [0.15, 0.2) is 48.5 Å². The van der Waals surface area contributed by atoms with Gasteiger partial charge in [-0.2, -0.15) is 0 Å². The third-order valence-electron chi connectivity index (χ3n) is 4.02. The van der Waals surface area contributed by atoms with Crippen LogP contribution in [-0.2, 0) is 13.2 Å². The van der Waals surface area contributed by atoms with Crippen molar-refractivity contribution in [3.8, 4) is 5.75 Å². The first-order valence-electron chi connectivity index (χ1n) is 8.60. The molecule has 0 bridgehead atoms. The molecule has 0 amide bonds. The van der Waals surface area contributed by atoms with E-state index < -0.39 is 0 Å². The fraction of sp³-hybridized carbons (Fsp3) is 0.400. The van der Waals surface area contributed by atoms with Crippen LogP contribution < -0.4 is 10.1 Å². The molecular weight excluding hydrogens is 320 g/mol. The SMILES string of the molecule is CCN(CC)CCNCc1cccc(OCc2cccc(Cl)c2)c1. The highest BCUT2D eigenvalue weighted by atomic mass is 35.5. The lowest BCUT2D eigenvalue weighted by atomic mass is 10.2. The van der Waals surface area contributed by atoms with Gasteiger partial charge in [-0.15, -0.1) is 0 Å². The Morgan fingerprint density at radius 1 is 1.00 bits per heavy atom. The van der Waals surface area contributed by atoms with Gasteiger partial charge in [0, 0.05) is 24.7 Å². The van der Waals surface area contributed by atoms with E-state index in [4.69, 9.17) is 16.3 Å². The summed E-state index contributed by atoms with van der Waals surface area (Å²) < 4.78 is 5.87. The Kier molecular flexibility index (Phi) is 8.10. The number of ether oxygens (including phenoxy) is 1. The molecular formula is C20H27ClN2O. The lowest BCUT2D eigenvalue weighted by molar-refractivity contribution is 0.301. The number of rotatable bonds is 10. The summed E-state index contributed by atoms with van der Waals surface area (Å²) in [5.41, 5.74) is 2.31. The van der Waals surface area contributed by atoms with E-state index in [2.05, 4.69) is 36.2 Å². The first-order chi connectivity index (χ1) is 11.7. The van der Waals surface area contributed by atoms with Crippen LogP contribution in [0.5, 0.6) is 5.75 Å². The van der Waals surface area contributed by atoms with E-state index in [1.807, 2.05) is 36.4 Å². The zero-order valence-corrected chi connectivity index (χ0v) is 15.4. The molecule has 0 atom stereocenters. The summed E-state index contributed by atoms with van der Waals surface area (Å²) in [6.07, 6.45) is 0. The average molecular weight is 347 g/mol. The van der Waals surface area contributed by atoms with E-state index in [0.29, 0.717) is 6.61 Å². The molecule has 0 aliphatic carbocycles. The van der Waals surface area contributed by atoms with Gasteiger partial charge in [-0.05, 0) is 48.5 Å². The third-order valence-corrected chi connectivity index (χ3v) is 4.26. The van der Waals surface area contributed by atoms with Crippen LogP contribution in [0, 0.1) is 0 Å². The number of halogens is 1. The predicted octanol–water partition coefficient (Wildman–Crippen LogP) is 4.35. The highest BCUT2D eigenvalue weighted by Gasteiger charge is 2.01. The first kappa shape index (κ1) is 18.8. The molecule has 24 heavy (non-hydrogen) atoms. The summed E-state index contributed by atoms with van der Waals surface area (Å²) in [7, 11) is 0. The molecule has 130 valence electrons. The second kappa shape index (κ2) is 10.3. The zero-order valence-electron chi connectivity index (χ0n) is 14.6. The molecule has 0 aliphatic rings. The van der Waals surface area contributed by atoms with Gasteiger partial charge in [0.25, 0.3) is 0 Å². The number of nitrogens with zero attached hydrogens (tertiary/aromatic N) is 1.